The molecule has 1 N–H and O–H groups in total. The van der Waals surface area contributed by atoms with Gasteiger partial charge in [0.1, 0.15) is 23.1 Å². The third-order valence-corrected chi connectivity index (χ3v) is 6.08. The summed E-state index contributed by atoms with van der Waals surface area (Å²) in [6.07, 6.45) is 0.480. The second-order valence-electron chi connectivity index (χ2n) is 6.13. The van der Waals surface area contributed by atoms with Gasteiger partial charge in [0.25, 0.3) is 0 Å². The number of sulfonamides is 1. The van der Waals surface area contributed by atoms with Crippen LogP contribution in [0.3, 0.4) is 0 Å². The summed E-state index contributed by atoms with van der Waals surface area (Å²) in [5, 5.41) is 0. The Labute approximate surface area is 177 Å². The number of ether oxygens (including phenoxy) is 2. The zero-order valence-electron chi connectivity index (χ0n) is 15.6. The van der Waals surface area contributed by atoms with Crippen molar-refractivity contribution in [2.75, 3.05) is 13.7 Å². The minimum absolute atomic E-state index is 0.130. The Hall–Kier alpha value is -2.42. The van der Waals surface area contributed by atoms with Gasteiger partial charge < -0.3 is 9.47 Å². The zero-order valence-corrected chi connectivity index (χ0v) is 18.0. The molecule has 0 heterocycles. The maximum atomic E-state index is 12.9. The van der Waals surface area contributed by atoms with Gasteiger partial charge in [-0.2, -0.15) is 0 Å². The van der Waals surface area contributed by atoms with E-state index in [0.717, 1.165) is 10.0 Å². The Morgan fingerprint density at radius 3 is 2.21 bits per heavy atom. The van der Waals surface area contributed by atoms with Gasteiger partial charge in [0, 0.05) is 11.0 Å². The summed E-state index contributed by atoms with van der Waals surface area (Å²) < 4.78 is 52.3. The molecule has 5 nitrogen and oxygen atoms in total. The molecular weight excluding hydrogens is 461 g/mol. The lowest BCUT2D eigenvalue weighted by Crippen LogP contribution is -2.26. The molecular formula is C21H19BrFNO4S. The average molecular weight is 480 g/mol. The number of methoxy groups -OCH3 is 1. The van der Waals surface area contributed by atoms with Crippen molar-refractivity contribution in [1.82, 2.24) is 4.72 Å². The van der Waals surface area contributed by atoms with E-state index in [-0.39, 0.29) is 17.3 Å². The molecule has 0 bridgehead atoms. The minimum Gasteiger partial charge on any atom is -0.496 e. The Morgan fingerprint density at radius 2 is 1.59 bits per heavy atom. The van der Waals surface area contributed by atoms with E-state index in [9.17, 15) is 12.8 Å². The Balaban J connectivity index is 1.62. The van der Waals surface area contributed by atoms with Crippen LogP contribution >= 0.6 is 15.9 Å². The van der Waals surface area contributed by atoms with E-state index in [4.69, 9.17) is 9.47 Å². The summed E-state index contributed by atoms with van der Waals surface area (Å²) in [5.41, 5.74) is 0.896. The highest BCUT2D eigenvalue weighted by Gasteiger charge is 2.14. The first-order chi connectivity index (χ1) is 13.9. The molecule has 152 valence electrons. The highest BCUT2D eigenvalue weighted by Crippen LogP contribution is 2.24. The van der Waals surface area contributed by atoms with E-state index in [1.165, 1.54) is 36.4 Å². The molecule has 0 aliphatic carbocycles. The highest BCUT2D eigenvalue weighted by molar-refractivity contribution is 9.10. The number of halogens is 2. The van der Waals surface area contributed by atoms with Gasteiger partial charge in [0.15, 0.2) is 0 Å². The van der Waals surface area contributed by atoms with E-state index in [1.807, 2.05) is 18.2 Å². The first kappa shape index (κ1) is 21.3. The van der Waals surface area contributed by atoms with Gasteiger partial charge >= 0.3 is 0 Å². The molecule has 0 saturated carbocycles. The summed E-state index contributed by atoms with van der Waals surface area (Å²) in [7, 11) is -2.09. The molecule has 0 aliphatic heterocycles. The second-order valence-corrected chi connectivity index (χ2v) is 8.81. The fourth-order valence-corrected chi connectivity index (χ4v) is 4.11. The standard InChI is InChI=1S/C21H19BrFNO4S/c1-27-21-11-2-16(22)14-15(21)12-13-24-29(25,26)20-9-7-19(8-10-20)28-18-5-3-17(23)4-6-18/h2-11,14,24H,12-13H2,1H3. The molecule has 3 aromatic rings. The molecule has 3 rings (SSSR count). The molecule has 29 heavy (non-hydrogen) atoms. The average Bonchev–Trinajstić information content (AvgIpc) is 2.70. The molecule has 8 heteroatoms. The predicted octanol–water partition coefficient (Wildman–Crippen LogP) is 4.91. The molecule has 0 amide bonds. The zero-order chi connectivity index (χ0) is 20.9. The van der Waals surface area contributed by atoms with Gasteiger partial charge in [-0.15, -0.1) is 0 Å². The van der Waals surface area contributed by atoms with Crippen LogP contribution in [0.15, 0.2) is 76.1 Å². The monoisotopic (exact) mass is 479 g/mol. The topological polar surface area (TPSA) is 64.6 Å². The number of benzene rings is 3. The lowest BCUT2D eigenvalue weighted by Gasteiger charge is -2.11. The van der Waals surface area contributed by atoms with E-state index in [1.54, 1.807) is 19.2 Å². The van der Waals surface area contributed by atoms with Crippen LogP contribution in [-0.4, -0.2) is 22.1 Å². The van der Waals surface area contributed by atoms with Crippen molar-refractivity contribution in [3.05, 3.63) is 82.6 Å². The third-order valence-electron chi connectivity index (χ3n) is 4.11. The molecule has 0 aliphatic rings. The maximum absolute atomic E-state index is 12.9. The molecule has 3 aromatic carbocycles. The number of nitrogens with one attached hydrogen (secondary N) is 1. The fraction of sp³-hybridized carbons (Fsp3) is 0.143. The van der Waals surface area contributed by atoms with E-state index < -0.39 is 10.0 Å². The first-order valence-corrected chi connectivity index (χ1v) is 11.0. The quantitative estimate of drug-likeness (QED) is 0.498. The summed E-state index contributed by atoms with van der Waals surface area (Å²) in [6, 6.07) is 17.2. The molecule has 0 fully saturated rings. The van der Waals surface area contributed by atoms with Crippen molar-refractivity contribution in [3.63, 3.8) is 0 Å². The van der Waals surface area contributed by atoms with Crippen LogP contribution in [0.25, 0.3) is 0 Å². The van der Waals surface area contributed by atoms with Gasteiger partial charge in [0.2, 0.25) is 10.0 Å². The SMILES string of the molecule is COc1ccc(Br)cc1CCNS(=O)(=O)c1ccc(Oc2ccc(F)cc2)cc1. The summed E-state index contributed by atoms with van der Waals surface area (Å²) >= 11 is 3.40. The van der Waals surface area contributed by atoms with Crippen molar-refractivity contribution in [3.8, 4) is 17.2 Å². The third kappa shape index (κ3) is 5.79. The summed E-state index contributed by atoms with van der Waals surface area (Å²) in [4.78, 5) is 0.130. The number of rotatable bonds is 8. The van der Waals surface area contributed by atoms with Crippen LogP contribution < -0.4 is 14.2 Å². The molecule has 0 atom stereocenters. The summed E-state index contributed by atoms with van der Waals surface area (Å²) in [5.74, 6) is 1.26. The lowest BCUT2D eigenvalue weighted by molar-refractivity contribution is 0.409. The molecule has 0 saturated heterocycles. The van der Waals surface area contributed by atoms with Crippen LogP contribution in [0.5, 0.6) is 17.2 Å². The van der Waals surface area contributed by atoms with Crippen LogP contribution in [0.1, 0.15) is 5.56 Å². The predicted molar refractivity (Wildman–Crippen MR) is 113 cm³/mol. The van der Waals surface area contributed by atoms with Crippen molar-refractivity contribution < 1.29 is 22.3 Å². The van der Waals surface area contributed by atoms with Gasteiger partial charge in [-0.1, -0.05) is 15.9 Å². The smallest absolute Gasteiger partial charge is 0.240 e. The lowest BCUT2D eigenvalue weighted by atomic mass is 10.1. The first-order valence-electron chi connectivity index (χ1n) is 8.73. The van der Waals surface area contributed by atoms with Crippen molar-refractivity contribution in [1.29, 1.82) is 0 Å². The Morgan fingerprint density at radius 1 is 0.966 bits per heavy atom. The molecule has 0 spiro atoms. The highest BCUT2D eigenvalue weighted by atomic mass is 79.9. The fourth-order valence-electron chi connectivity index (χ4n) is 2.67. The largest absolute Gasteiger partial charge is 0.496 e. The van der Waals surface area contributed by atoms with Crippen LogP contribution in [-0.2, 0) is 16.4 Å². The number of hydrogen-bond donors (Lipinski definition) is 1. The van der Waals surface area contributed by atoms with Gasteiger partial charge in [-0.05, 0) is 78.7 Å². The number of hydrogen-bond acceptors (Lipinski definition) is 4. The maximum Gasteiger partial charge on any atom is 0.240 e. The van der Waals surface area contributed by atoms with E-state index in [0.29, 0.717) is 23.7 Å². The second kappa shape index (κ2) is 9.39. The van der Waals surface area contributed by atoms with Crippen LogP contribution in [0, 0.1) is 5.82 Å². The van der Waals surface area contributed by atoms with Gasteiger partial charge in [0.05, 0.1) is 12.0 Å². The Bertz CT molecular complexity index is 1070. The van der Waals surface area contributed by atoms with Crippen molar-refractivity contribution >= 4 is 26.0 Å². The van der Waals surface area contributed by atoms with E-state index >= 15 is 0 Å². The summed E-state index contributed by atoms with van der Waals surface area (Å²) in [6.45, 7) is 0.225. The molecule has 0 radical (unpaired) electrons. The van der Waals surface area contributed by atoms with Crippen molar-refractivity contribution in [2.24, 2.45) is 0 Å². The van der Waals surface area contributed by atoms with Crippen molar-refractivity contribution in [2.45, 2.75) is 11.3 Å². The van der Waals surface area contributed by atoms with Gasteiger partial charge in [-0.3, -0.25) is 0 Å². The van der Waals surface area contributed by atoms with Gasteiger partial charge in [-0.25, -0.2) is 17.5 Å². The minimum atomic E-state index is -3.66. The van der Waals surface area contributed by atoms with Crippen LogP contribution in [0.2, 0.25) is 0 Å². The molecule has 0 unspecified atom stereocenters. The Kier molecular flexibility index (Phi) is 6.89. The molecule has 0 aromatic heterocycles. The van der Waals surface area contributed by atoms with Crippen LogP contribution in [0.4, 0.5) is 4.39 Å². The van der Waals surface area contributed by atoms with E-state index in [2.05, 4.69) is 20.7 Å². The normalized spacial score (nSPS) is 11.3.